The number of hydrogen-bond acceptors (Lipinski definition) is 6. The van der Waals surface area contributed by atoms with Crippen molar-refractivity contribution in [3.05, 3.63) is 70.7 Å². The highest BCUT2D eigenvalue weighted by molar-refractivity contribution is 7.99. The van der Waals surface area contributed by atoms with Crippen molar-refractivity contribution in [3.63, 3.8) is 0 Å². The van der Waals surface area contributed by atoms with Crippen LogP contribution in [0.4, 0.5) is 0 Å². The van der Waals surface area contributed by atoms with Gasteiger partial charge in [0.1, 0.15) is 5.75 Å². The van der Waals surface area contributed by atoms with E-state index in [9.17, 15) is 14.7 Å². The van der Waals surface area contributed by atoms with Gasteiger partial charge in [0, 0.05) is 22.8 Å². The first-order chi connectivity index (χ1) is 19.9. The quantitative estimate of drug-likeness (QED) is 0.119. The van der Waals surface area contributed by atoms with Crippen molar-refractivity contribution in [2.24, 2.45) is 0 Å². The second kappa shape index (κ2) is 15.6. The van der Waals surface area contributed by atoms with Gasteiger partial charge in [0.2, 0.25) is 6.79 Å². The lowest BCUT2D eigenvalue weighted by Crippen LogP contribution is -2.07. The number of ether oxygens (including phenoxy) is 3. The summed E-state index contributed by atoms with van der Waals surface area (Å²) < 4.78 is 16.8. The van der Waals surface area contributed by atoms with Crippen molar-refractivity contribution >= 4 is 35.3 Å². The standard InChI is InChI=1S/C32H35ClO7S/c33-25-17-24(23-11-13-29-30(19-23)40-21-39-29)18-26(20-25)41-16-4-2-1-3-7-22-8-5-9-28(27(22)12-14-32(36)37)38-15-6-10-31(34)35/h5,8-9,11,13,17-20H,1-4,6-7,10,12,14-16,21H2,(H,34,35)(H,36,37). The number of rotatable bonds is 17. The summed E-state index contributed by atoms with van der Waals surface area (Å²) in [6.45, 7) is 0.538. The smallest absolute Gasteiger partial charge is 0.303 e. The number of aliphatic carboxylic acids is 2. The van der Waals surface area contributed by atoms with Gasteiger partial charge in [-0.25, -0.2) is 0 Å². The summed E-state index contributed by atoms with van der Waals surface area (Å²) in [6.07, 6.45) is 5.96. The van der Waals surface area contributed by atoms with Crippen LogP contribution in [-0.2, 0) is 22.4 Å². The first-order valence-electron chi connectivity index (χ1n) is 13.9. The van der Waals surface area contributed by atoms with Crippen LogP contribution in [0.5, 0.6) is 17.2 Å². The largest absolute Gasteiger partial charge is 0.493 e. The number of fused-ring (bicyclic) bond motifs is 1. The minimum absolute atomic E-state index is 0.0274. The minimum Gasteiger partial charge on any atom is -0.493 e. The number of carbonyl (C=O) groups is 2. The molecule has 1 aliphatic heterocycles. The Hall–Kier alpha value is -3.36. The summed E-state index contributed by atoms with van der Waals surface area (Å²) in [7, 11) is 0. The van der Waals surface area contributed by atoms with Gasteiger partial charge < -0.3 is 24.4 Å². The molecule has 7 nitrogen and oxygen atoms in total. The summed E-state index contributed by atoms with van der Waals surface area (Å²) in [5.41, 5.74) is 4.10. The molecule has 3 aromatic rings. The molecule has 0 fully saturated rings. The van der Waals surface area contributed by atoms with Crippen LogP contribution in [0.1, 0.15) is 56.1 Å². The Labute approximate surface area is 249 Å². The average molecular weight is 599 g/mol. The zero-order chi connectivity index (χ0) is 29.0. The van der Waals surface area contributed by atoms with Gasteiger partial charge in [0.25, 0.3) is 0 Å². The molecular formula is C32H35ClO7S. The number of aryl methyl sites for hydroxylation is 1. The highest BCUT2D eigenvalue weighted by Crippen LogP contribution is 2.38. The lowest BCUT2D eigenvalue weighted by atomic mass is 9.97. The zero-order valence-electron chi connectivity index (χ0n) is 22.9. The molecular weight excluding hydrogens is 564 g/mol. The molecule has 0 radical (unpaired) electrons. The van der Waals surface area contributed by atoms with Crippen LogP contribution in [0.3, 0.4) is 0 Å². The fourth-order valence-corrected chi connectivity index (χ4v) is 6.06. The molecule has 218 valence electrons. The maximum absolute atomic E-state index is 11.2. The molecule has 0 unspecified atom stereocenters. The van der Waals surface area contributed by atoms with Crippen molar-refractivity contribution < 1.29 is 34.0 Å². The number of hydrogen-bond donors (Lipinski definition) is 2. The van der Waals surface area contributed by atoms with E-state index >= 15 is 0 Å². The summed E-state index contributed by atoms with van der Waals surface area (Å²) >= 11 is 8.23. The molecule has 0 aromatic heterocycles. The molecule has 0 saturated heterocycles. The molecule has 41 heavy (non-hydrogen) atoms. The van der Waals surface area contributed by atoms with Gasteiger partial charge >= 0.3 is 11.9 Å². The molecule has 0 amide bonds. The molecule has 2 N–H and O–H groups in total. The van der Waals surface area contributed by atoms with Gasteiger partial charge in [0.05, 0.1) is 6.61 Å². The van der Waals surface area contributed by atoms with Crippen LogP contribution in [-0.4, -0.2) is 41.3 Å². The van der Waals surface area contributed by atoms with E-state index < -0.39 is 11.9 Å². The SMILES string of the molecule is O=C(O)CCCOc1cccc(CCCCCCSc2cc(Cl)cc(-c3ccc4c(c3)OCO4)c2)c1CCC(=O)O. The van der Waals surface area contributed by atoms with Crippen LogP contribution in [0, 0.1) is 0 Å². The molecule has 4 rings (SSSR count). The van der Waals surface area contributed by atoms with E-state index in [1.165, 1.54) is 0 Å². The van der Waals surface area contributed by atoms with Crippen molar-refractivity contribution in [1.29, 1.82) is 0 Å². The Morgan fingerprint density at radius 1 is 0.829 bits per heavy atom. The third kappa shape index (κ3) is 9.61. The van der Waals surface area contributed by atoms with E-state index in [1.54, 1.807) is 11.8 Å². The highest BCUT2D eigenvalue weighted by Gasteiger charge is 2.15. The van der Waals surface area contributed by atoms with Crippen molar-refractivity contribution in [1.82, 2.24) is 0 Å². The van der Waals surface area contributed by atoms with Crippen molar-refractivity contribution in [2.75, 3.05) is 19.2 Å². The monoisotopic (exact) mass is 598 g/mol. The predicted molar refractivity (Wildman–Crippen MR) is 161 cm³/mol. The Kier molecular flexibility index (Phi) is 11.6. The first kappa shape index (κ1) is 30.6. The second-order valence-electron chi connectivity index (χ2n) is 9.89. The Morgan fingerprint density at radius 2 is 1.63 bits per heavy atom. The number of carboxylic acids is 2. The third-order valence-corrected chi connectivity index (χ3v) is 8.08. The number of thioether (sulfide) groups is 1. The molecule has 1 aliphatic rings. The zero-order valence-corrected chi connectivity index (χ0v) is 24.5. The molecule has 0 spiro atoms. The van der Waals surface area contributed by atoms with Gasteiger partial charge in [-0.2, -0.15) is 0 Å². The maximum atomic E-state index is 11.2. The fourth-order valence-electron chi connectivity index (χ4n) is 4.75. The number of carboxylic acid groups (broad SMARTS) is 2. The van der Waals surface area contributed by atoms with Crippen LogP contribution in [0.25, 0.3) is 11.1 Å². The molecule has 1 heterocycles. The maximum Gasteiger partial charge on any atom is 0.303 e. The van der Waals surface area contributed by atoms with E-state index in [2.05, 4.69) is 6.07 Å². The highest BCUT2D eigenvalue weighted by atomic mass is 35.5. The van der Waals surface area contributed by atoms with E-state index in [0.717, 1.165) is 76.5 Å². The minimum atomic E-state index is -0.856. The summed E-state index contributed by atoms with van der Waals surface area (Å²) in [5, 5.41) is 18.8. The first-order valence-corrected chi connectivity index (χ1v) is 15.3. The molecule has 0 saturated carbocycles. The fraction of sp³-hybridized carbons (Fsp3) is 0.375. The molecule has 0 bridgehead atoms. The van der Waals surface area contributed by atoms with Crippen molar-refractivity contribution in [3.8, 4) is 28.4 Å². The molecule has 0 atom stereocenters. The number of benzene rings is 3. The van der Waals surface area contributed by atoms with Crippen LogP contribution in [0.15, 0.2) is 59.5 Å². The van der Waals surface area contributed by atoms with Crippen LogP contribution < -0.4 is 14.2 Å². The van der Waals surface area contributed by atoms with E-state index in [0.29, 0.717) is 23.6 Å². The molecule has 3 aromatic carbocycles. The topological polar surface area (TPSA) is 102 Å². The van der Waals surface area contributed by atoms with Gasteiger partial charge in [-0.3, -0.25) is 9.59 Å². The van der Waals surface area contributed by atoms with Crippen LogP contribution in [0.2, 0.25) is 5.02 Å². The van der Waals surface area contributed by atoms with Gasteiger partial charge in [-0.1, -0.05) is 42.6 Å². The second-order valence-corrected chi connectivity index (χ2v) is 11.5. The van der Waals surface area contributed by atoms with Crippen molar-refractivity contribution in [2.45, 2.75) is 62.7 Å². The lowest BCUT2D eigenvalue weighted by molar-refractivity contribution is -0.138. The van der Waals surface area contributed by atoms with Gasteiger partial charge in [-0.15, -0.1) is 11.8 Å². The third-order valence-electron chi connectivity index (χ3n) is 6.80. The van der Waals surface area contributed by atoms with Crippen LogP contribution >= 0.6 is 23.4 Å². The lowest BCUT2D eigenvalue weighted by Gasteiger charge is -2.15. The van der Waals surface area contributed by atoms with Gasteiger partial charge in [0.15, 0.2) is 11.5 Å². The average Bonchev–Trinajstić information content (AvgIpc) is 3.42. The Morgan fingerprint density at radius 3 is 2.46 bits per heavy atom. The summed E-state index contributed by atoms with van der Waals surface area (Å²) in [5.74, 6) is 1.45. The summed E-state index contributed by atoms with van der Waals surface area (Å²) in [6, 6.07) is 17.8. The van der Waals surface area contributed by atoms with E-state index in [4.69, 9.17) is 30.9 Å². The Bertz CT molecular complexity index is 1340. The number of unbranched alkanes of at least 4 members (excludes halogenated alkanes) is 3. The Balaban J connectivity index is 1.23. The van der Waals surface area contributed by atoms with Gasteiger partial charge in [-0.05, 0) is 96.5 Å². The number of halogens is 1. The predicted octanol–water partition coefficient (Wildman–Crippen LogP) is 7.89. The summed E-state index contributed by atoms with van der Waals surface area (Å²) in [4.78, 5) is 23.1. The van der Waals surface area contributed by atoms with E-state index in [-0.39, 0.29) is 26.2 Å². The molecule has 0 aliphatic carbocycles. The normalized spacial score (nSPS) is 11.9. The van der Waals surface area contributed by atoms with E-state index in [1.807, 2.05) is 48.5 Å². The molecule has 9 heteroatoms.